The molecule has 2 saturated heterocycles. The Morgan fingerprint density at radius 1 is 1.16 bits per heavy atom. The van der Waals surface area contributed by atoms with Crippen LogP contribution in [0.5, 0.6) is 0 Å². The minimum Gasteiger partial charge on any atom is -0.381 e. The van der Waals surface area contributed by atoms with Crippen molar-refractivity contribution in [1.82, 2.24) is 10.2 Å². The van der Waals surface area contributed by atoms with Gasteiger partial charge in [0.2, 0.25) is 0 Å². The summed E-state index contributed by atoms with van der Waals surface area (Å²) in [5, 5.41) is 8.81. The summed E-state index contributed by atoms with van der Waals surface area (Å²) in [6, 6.07) is 4.49. The smallest absolute Gasteiger partial charge is 0.151 e. The van der Waals surface area contributed by atoms with Gasteiger partial charge in [-0.1, -0.05) is 0 Å². The van der Waals surface area contributed by atoms with Crippen molar-refractivity contribution in [3.63, 3.8) is 0 Å². The van der Waals surface area contributed by atoms with Crippen LogP contribution in [0.15, 0.2) is 12.1 Å². The molecule has 0 aromatic carbocycles. The summed E-state index contributed by atoms with van der Waals surface area (Å²) in [7, 11) is 0. The highest BCUT2D eigenvalue weighted by Crippen LogP contribution is 2.26. The van der Waals surface area contributed by atoms with Crippen LogP contribution < -0.4 is 10.6 Å². The summed E-state index contributed by atoms with van der Waals surface area (Å²) in [5.41, 5.74) is 7.11. The van der Waals surface area contributed by atoms with Gasteiger partial charge in [-0.2, -0.15) is 5.10 Å². The van der Waals surface area contributed by atoms with Gasteiger partial charge in [0.15, 0.2) is 5.82 Å². The first-order chi connectivity index (χ1) is 9.33. The van der Waals surface area contributed by atoms with Gasteiger partial charge in [0, 0.05) is 38.3 Å². The molecule has 5 nitrogen and oxygen atoms in total. The predicted octanol–water partition coefficient (Wildman–Crippen LogP) is 1.30. The van der Waals surface area contributed by atoms with Gasteiger partial charge in [-0.05, 0) is 37.8 Å². The summed E-state index contributed by atoms with van der Waals surface area (Å²) in [6.07, 6.45) is 4.37. The van der Waals surface area contributed by atoms with Crippen LogP contribution in [-0.4, -0.2) is 42.5 Å². The van der Waals surface area contributed by atoms with Crippen LogP contribution in [0.4, 0.5) is 5.82 Å². The number of ether oxygens (including phenoxy) is 1. The number of aromatic nitrogens is 2. The molecule has 0 saturated carbocycles. The van der Waals surface area contributed by atoms with Crippen molar-refractivity contribution >= 4 is 5.82 Å². The van der Waals surface area contributed by atoms with Gasteiger partial charge in [-0.3, -0.25) is 0 Å². The molecule has 0 aliphatic carbocycles. The highest BCUT2D eigenvalue weighted by Gasteiger charge is 2.20. The zero-order valence-corrected chi connectivity index (χ0v) is 11.3. The van der Waals surface area contributed by atoms with Crippen molar-refractivity contribution in [2.45, 2.75) is 37.6 Å². The van der Waals surface area contributed by atoms with Crippen molar-refractivity contribution in [2.75, 3.05) is 31.2 Å². The number of nitrogens with two attached hydrogens (primary N) is 1. The van der Waals surface area contributed by atoms with E-state index in [1.165, 1.54) is 0 Å². The van der Waals surface area contributed by atoms with E-state index in [0.29, 0.717) is 5.92 Å². The van der Waals surface area contributed by atoms with Gasteiger partial charge >= 0.3 is 0 Å². The molecule has 2 fully saturated rings. The maximum atomic E-state index is 6.01. The molecule has 1 aromatic rings. The monoisotopic (exact) mass is 262 g/mol. The quantitative estimate of drug-likeness (QED) is 0.870. The van der Waals surface area contributed by atoms with E-state index < -0.39 is 0 Å². The van der Waals surface area contributed by atoms with Crippen molar-refractivity contribution in [3.05, 3.63) is 17.8 Å². The van der Waals surface area contributed by atoms with Crippen molar-refractivity contribution < 1.29 is 4.74 Å². The third kappa shape index (κ3) is 3.04. The van der Waals surface area contributed by atoms with Gasteiger partial charge < -0.3 is 15.4 Å². The Hall–Kier alpha value is -1.20. The van der Waals surface area contributed by atoms with Crippen LogP contribution in [0, 0.1) is 0 Å². The summed E-state index contributed by atoms with van der Waals surface area (Å²) in [6.45, 7) is 3.62. The lowest BCUT2D eigenvalue weighted by Crippen LogP contribution is -2.43. The third-order valence-corrected chi connectivity index (χ3v) is 4.09. The number of anilines is 1. The van der Waals surface area contributed by atoms with E-state index in [1.54, 1.807) is 0 Å². The largest absolute Gasteiger partial charge is 0.381 e. The van der Waals surface area contributed by atoms with Gasteiger partial charge in [0.05, 0.1) is 5.69 Å². The average Bonchev–Trinajstić information content (AvgIpc) is 2.48. The van der Waals surface area contributed by atoms with Crippen LogP contribution >= 0.6 is 0 Å². The van der Waals surface area contributed by atoms with E-state index in [9.17, 15) is 0 Å². The SMILES string of the molecule is NC1CCCN(c2ccc(C3CCOCC3)nn2)C1. The van der Waals surface area contributed by atoms with Crippen LogP contribution in [0.25, 0.3) is 0 Å². The second-order valence-electron chi connectivity index (χ2n) is 5.55. The minimum atomic E-state index is 0.269. The Balaban J connectivity index is 1.67. The second-order valence-corrected chi connectivity index (χ2v) is 5.55. The highest BCUT2D eigenvalue weighted by atomic mass is 16.5. The van der Waals surface area contributed by atoms with Gasteiger partial charge in [0.25, 0.3) is 0 Å². The fourth-order valence-corrected chi connectivity index (χ4v) is 2.93. The lowest BCUT2D eigenvalue weighted by atomic mass is 9.96. The molecule has 5 heteroatoms. The fourth-order valence-electron chi connectivity index (χ4n) is 2.93. The Morgan fingerprint density at radius 3 is 2.68 bits per heavy atom. The number of hydrogen-bond acceptors (Lipinski definition) is 5. The summed E-state index contributed by atoms with van der Waals surface area (Å²) >= 11 is 0. The Kier molecular flexibility index (Phi) is 3.94. The molecule has 1 aromatic heterocycles. The zero-order valence-electron chi connectivity index (χ0n) is 11.3. The van der Waals surface area contributed by atoms with E-state index in [-0.39, 0.29) is 6.04 Å². The standard InChI is InChI=1S/C14H22N4O/c15-12-2-1-7-18(10-12)14-4-3-13(16-17-14)11-5-8-19-9-6-11/h3-4,11-12H,1-2,5-10,15H2. The average molecular weight is 262 g/mol. The number of nitrogens with zero attached hydrogens (tertiary/aromatic N) is 3. The third-order valence-electron chi connectivity index (χ3n) is 4.09. The molecule has 3 heterocycles. The van der Waals surface area contributed by atoms with E-state index in [0.717, 1.165) is 63.5 Å². The van der Waals surface area contributed by atoms with Crippen LogP contribution in [0.3, 0.4) is 0 Å². The Labute approximate surface area is 114 Å². The molecule has 19 heavy (non-hydrogen) atoms. The van der Waals surface area contributed by atoms with E-state index in [1.807, 2.05) is 0 Å². The van der Waals surface area contributed by atoms with Gasteiger partial charge in [-0.15, -0.1) is 5.10 Å². The lowest BCUT2D eigenvalue weighted by Gasteiger charge is -2.31. The molecule has 0 radical (unpaired) electrons. The van der Waals surface area contributed by atoms with Crippen molar-refractivity contribution in [3.8, 4) is 0 Å². The second kappa shape index (κ2) is 5.84. The lowest BCUT2D eigenvalue weighted by molar-refractivity contribution is 0.0843. The number of rotatable bonds is 2. The molecular formula is C14H22N4O. The number of hydrogen-bond donors (Lipinski definition) is 1. The molecule has 1 unspecified atom stereocenters. The van der Waals surface area contributed by atoms with Crippen molar-refractivity contribution in [2.24, 2.45) is 5.73 Å². The van der Waals surface area contributed by atoms with E-state index in [4.69, 9.17) is 10.5 Å². The molecule has 0 bridgehead atoms. The molecule has 3 rings (SSSR count). The van der Waals surface area contributed by atoms with Crippen LogP contribution in [-0.2, 0) is 4.74 Å². The number of piperidine rings is 1. The molecule has 2 N–H and O–H groups in total. The molecule has 2 aliphatic heterocycles. The van der Waals surface area contributed by atoms with Crippen LogP contribution in [0.2, 0.25) is 0 Å². The molecule has 0 amide bonds. The Morgan fingerprint density at radius 2 is 2.00 bits per heavy atom. The molecule has 0 spiro atoms. The van der Waals surface area contributed by atoms with Crippen molar-refractivity contribution in [1.29, 1.82) is 0 Å². The minimum absolute atomic E-state index is 0.269. The molecule has 104 valence electrons. The summed E-state index contributed by atoms with van der Waals surface area (Å²) < 4.78 is 5.38. The zero-order chi connectivity index (χ0) is 13.1. The summed E-state index contributed by atoms with van der Waals surface area (Å²) in [4.78, 5) is 2.24. The topological polar surface area (TPSA) is 64.3 Å². The highest BCUT2D eigenvalue weighted by molar-refractivity contribution is 5.38. The maximum Gasteiger partial charge on any atom is 0.151 e. The maximum absolute atomic E-state index is 6.01. The summed E-state index contributed by atoms with van der Waals surface area (Å²) in [5.74, 6) is 1.48. The first-order valence-corrected chi connectivity index (χ1v) is 7.25. The first kappa shape index (κ1) is 12.8. The molecule has 2 aliphatic rings. The first-order valence-electron chi connectivity index (χ1n) is 7.25. The van der Waals surface area contributed by atoms with Gasteiger partial charge in [-0.25, -0.2) is 0 Å². The fraction of sp³-hybridized carbons (Fsp3) is 0.714. The van der Waals surface area contributed by atoms with E-state index in [2.05, 4.69) is 27.2 Å². The van der Waals surface area contributed by atoms with E-state index >= 15 is 0 Å². The van der Waals surface area contributed by atoms with Crippen LogP contribution in [0.1, 0.15) is 37.3 Å². The molecular weight excluding hydrogens is 240 g/mol. The Bertz CT molecular complexity index is 402. The molecule has 1 atom stereocenters. The normalized spacial score (nSPS) is 25.5. The van der Waals surface area contributed by atoms with Gasteiger partial charge in [0.1, 0.15) is 0 Å². The predicted molar refractivity (Wildman–Crippen MR) is 74.2 cm³/mol.